The van der Waals surface area contributed by atoms with E-state index < -0.39 is 4.33 Å². The molecule has 0 N–H and O–H groups in total. The van der Waals surface area contributed by atoms with E-state index >= 15 is 0 Å². The summed E-state index contributed by atoms with van der Waals surface area (Å²) in [5, 5.41) is 24.1. The van der Waals surface area contributed by atoms with Gasteiger partial charge in [0.25, 0.3) is 0 Å². The molecule has 0 atom stereocenters. The van der Waals surface area contributed by atoms with Crippen molar-refractivity contribution in [3.8, 4) is 22.9 Å². The molecule has 0 aliphatic heterocycles. The van der Waals surface area contributed by atoms with Crippen LogP contribution in [0.15, 0.2) is 36.4 Å². The molecule has 0 aliphatic rings. The Labute approximate surface area is 195 Å². The zero-order valence-corrected chi connectivity index (χ0v) is 18.9. The van der Waals surface area contributed by atoms with E-state index in [0.29, 0.717) is 32.9 Å². The van der Waals surface area contributed by atoms with Crippen LogP contribution in [0.3, 0.4) is 0 Å². The molecule has 0 saturated heterocycles. The molecule has 0 fully saturated rings. The summed E-state index contributed by atoms with van der Waals surface area (Å²) in [4.78, 5) is 0. The van der Waals surface area contributed by atoms with Gasteiger partial charge in [0.05, 0.1) is 24.3 Å². The van der Waals surface area contributed by atoms with Crippen LogP contribution < -0.4 is 9.47 Å². The van der Waals surface area contributed by atoms with E-state index in [0.717, 1.165) is 0 Å². The highest BCUT2D eigenvalue weighted by molar-refractivity contribution is 6.49. The molecular weight excluding hydrogens is 490 g/mol. The minimum atomic E-state index is -1.90. The van der Waals surface area contributed by atoms with Crippen LogP contribution in [0.5, 0.6) is 11.5 Å². The van der Waals surface area contributed by atoms with Crippen molar-refractivity contribution in [3.63, 3.8) is 0 Å². The van der Waals surface area contributed by atoms with Crippen molar-refractivity contribution in [2.24, 2.45) is 0 Å². The third-order valence-electron chi connectivity index (χ3n) is 4.26. The minimum absolute atomic E-state index is 0.00782. The second kappa shape index (κ2) is 8.46. The van der Waals surface area contributed by atoms with Crippen LogP contribution >= 0.6 is 46.4 Å². The molecule has 14 heteroatoms. The van der Waals surface area contributed by atoms with E-state index in [-0.39, 0.29) is 11.6 Å². The number of ether oxygens (including phenoxy) is 2. The Kier molecular flexibility index (Phi) is 5.89. The van der Waals surface area contributed by atoms with Crippen LogP contribution in [-0.2, 0) is 4.33 Å². The molecular formula is C17H12Cl4N8O2. The van der Waals surface area contributed by atoms with Gasteiger partial charge in [0.1, 0.15) is 11.4 Å². The molecule has 0 spiro atoms. The molecule has 0 saturated carbocycles. The fourth-order valence-electron chi connectivity index (χ4n) is 2.92. The predicted octanol–water partition coefficient (Wildman–Crippen LogP) is 3.64. The largest absolute Gasteiger partial charge is 0.493 e. The van der Waals surface area contributed by atoms with Crippen molar-refractivity contribution < 1.29 is 9.47 Å². The van der Waals surface area contributed by atoms with E-state index in [2.05, 4.69) is 31.1 Å². The molecule has 4 rings (SSSR count). The topological polar surface area (TPSA) is 106 Å². The highest BCUT2D eigenvalue weighted by Crippen LogP contribution is 2.42. The highest BCUT2D eigenvalue weighted by Gasteiger charge is 2.42. The summed E-state index contributed by atoms with van der Waals surface area (Å²) in [6.45, 7) is 0. The number of rotatable bonds is 6. The lowest BCUT2D eigenvalue weighted by molar-refractivity contribution is 0.410. The molecule has 0 aliphatic carbocycles. The number of benzene rings is 2. The first-order valence-electron chi connectivity index (χ1n) is 8.51. The quantitative estimate of drug-likeness (QED) is 0.368. The summed E-state index contributed by atoms with van der Waals surface area (Å²) >= 11 is 25.9. The van der Waals surface area contributed by atoms with Gasteiger partial charge in [-0.05, 0) is 45.1 Å². The summed E-state index contributed by atoms with van der Waals surface area (Å²) in [7, 11) is 2.94. The van der Waals surface area contributed by atoms with E-state index in [9.17, 15) is 0 Å². The lowest BCUT2D eigenvalue weighted by Gasteiger charge is -2.19. The van der Waals surface area contributed by atoms with Gasteiger partial charge in [0.15, 0.2) is 11.5 Å². The second-order valence-corrected chi connectivity index (χ2v) is 8.13. The number of para-hydroxylation sites is 2. The van der Waals surface area contributed by atoms with Crippen LogP contribution in [0.2, 0.25) is 10.0 Å². The third kappa shape index (κ3) is 3.65. The minimum Gasteiger partial charge on any atom is -0.493 e. The van der Waals surface area contributed by atoms with E-state index in [1.807, 2.05) is 0 Å². The lowest BCUT2D eigenvalue weighted by atomic mass is 10.2. The van der Waals surface area contributed by atoms with E-state index in [1.54, 1.807) is 36.4 Å². The SMILES string of the molecule is COc1c(Cl)cccc1-n1nnnc1C(Cl)(Cl)c1nnnn1-c1cccc(Cl)c1OC. The van der Waals surface area contributed by atoms with Crippen LogP contribution in [0, 0.1) is 0 Å². The average molecular weight is 502 g/mol. The first kappa shape index (κ1) is 21.6. The average Bonchev–Trinajstić information content (AvgIpc) is 3.43. The van der Waals surface area contributed by atoms with Gasteiger partial charge in [-0.1, -0.05) is 58.5 Å². The molecule has 0 radical (unpaired) electrons. The summed E-state index contributed by atoms with van der Waals surface area (Å²) in [6.07, 6.45) is 0. The molecule has 10 nitrogen and oxygen atoms in total. The number of tetrazole rings is 2. The molecule has 4 aromatic rings. The number of aromatic nitrogens is 8. The van der Waals surface area contributed by atoms with Gasteiger partial charge in [-0.2, -0.15) is 9.36 Å². The predicted molar refractivity (Wildman–Crippen MR) is 114 cm³/mol. The molecule has 2 aromatic carbocycles. The second-order valence-electron chi connectivity index (χ2n) is 5.99. The van der Waals surface area contributed by atoms with Crippen molar-refractivity contribution in [1.82, 2.24) is 40.4 Å². The number of halogens is 4. The normalized spacial score (nSPS) is 11.5. The van der Waals surface area contributed by atoms with E-state index in [4.69, 9.17) is 55.9 Å². The van der Waals surface area contributed by atoms with Crippen LogP contribution in [-0.4, -0.2) is 54.6 Å². The van der Waals surface area contributed by atoms with Crippen molar-refractivity contribution in [2.45, 2.75) is 4.33 Å². The maximum Gasteiger partial charge on any atom is 0.240 e. The monoisotopic (exact) mass is 500 g/mol. The van der Waals surface area contributed by atoms with Gasteiger partial charge in [-0.15, -0.1) is 10.2 Å². The summed E-state index contributed by atoms with van der Waals surface area (Å²) in [5.74, 6) is 0.679. The molecule has 160 valence electrons. The highest BCUT2D eigenvalue weighted by atomic mass is 35.5. The van der Waals surface area contributed by atoms with Crippen LogP contribution in [0.25, 0.3) is 11.4 Å². The third-order valence-corrected chi connectivity index (χ3v) is 5.53. The van der Waals surface area contributed by atoms with Gasteiger partial charge < -0.3 is 9.47 Å². The number of hydrogen-bond donors (Lipinski definition) is 0. The Morgan fingerprint density at radius 3 is 1.55 bits per heavy atom. The van der Waals surface area contributed by atoms with Gasteiger partial charge in [0.2, 0.25) is 16.0 Å². The first-order valence-corrected chi connectivity index (χ1v) is 10.0. The Morgan fingerprint density at radius 1 is 0.742 bits per heavy atom. The van der Waals surface area contributed by atoms with Crippen LogP contribution in [0.4, 0.5) is 0 Å². The smallest absolute Gasteiger partial charge is 0.240 e. The van der Waals surface area contributed by atoms with Gasteiger partial charge in [-0.3, -0.25) is 0 Å². The zero-order chi connectivity index (χ0) is 22.2. The number of nitrogens with zero attached hydrogens (tertiary/aromatic N) is 8. The fourth-order valence-corrected chi connectivity index (χ4v) is 3.89. The molecule has 2 aromatic heterocycles. The Balaban J connectivity index is 1.88. The van der Waals surface area contributed by atoms with Crippen LogP contribution in [0.1, 0.15) is 11.6 Å². The Hall–Kier alpha value is -2.66. The van der Waals surface area contributed by atoms with Crippen molar-refractivity contribution in [1.29, 1.82) is 0 Å². The van der Waals surface area contributed by atoms with E-state index in [1.165, 1.54) is 23.6 Å². The number of hydrogen-bond acceptors (Lipinski definition) is 8. The molecule has 31 heavy (non-hydrogen) atoms. The standard InChI is InChI=1S/C17H12Cl4N8O2/c1-30-13-9(18)5-3-7-11(13)28-15(22-24-26-28)17(20,21)16-23-25-27-29(16)12-8-4-6-10(19)14(12)31-2/h3-8H,1-2H3. The zero-order valence-electron chi connectivity index (χ0n) is 15.9. The Bertz CT molecular complexity index is 1150. The van der Waals surface area contributed by atoms with Crippen molar-refractivity contribution in [3.05, 3.63) is 58.1 Å². The Morgan fingerprint density at radius 2 is 1.16 bits per heavy atom. The van der Waals surface area contributed by atoms with Gasteiger partial charge >= 0.3 is 0 Å². The molecule has 0 amide bonds. The molecule has 0 bridgehead atoms. The maximum absolute atomic E-state index is 6.74. The first-order chi connectivity index (χ1) is 14.9. The number of alkyl halides is 2. The van der Waals surface area contributed by atoms with Crippen molar-refractivity contribution in [2.75, 3.05) is 14.2 Å². The molecule has 0 unspecified atom stereocenters. The lowest BCUT2D eigenvalue weighted by Crippen LogP contribution is -2.24. The summed E-state index contributed by atoms with van der Waals surface area (Å²) in [6, 6.07) is 10.1. The molecule has 2 heterocycles. The summed E-state index contributed by atoms with van der Waals surface area (Å²) < 4.78 is 11.5. The summed E-state index contributed by atoms with van der Waals surface area (Å²) in [5.41, 5.74) is 0.833. The van der Waals surface area contributed by atoms with Gasteiger partial charge in [-0.25, -0.2) is 0 Å². The van der Waals surface area contributed by atoms with Gasteiger partial charge in [0, 0.05) is 0 Å². The number of methoxy groups -OCH3 is 2. The van der Waals surface area contributed by atoms with Crippen molar-refractivity contribution >= 4 is 46.4 Å². The maximum atomic E-state index is 6.74. The fraction of sp³-hybridized carbons (Fsp3) is 0.176.